The van der Waals surface area contributed by atoms with Gasteiger partial charge in [-0.05, 0) is 43.2 Å². The van der Waals surface area contributed by atoms with Crippen LogP contribution in [0.25, 0.3) is 0 Å². The van der Waals surface area contributed by atoms with Gasteiger partial charge in [0.25, 0.3) is 0 Å². The molecule has 2 nitrogen and oxygen atoms in total. The van der Waals surface area contributed by atoms with Crippen LogP contribution in [0.1, 0.15) is 29.7 Å². The van der Waals surface area contributed by atoms with Gasteiger partial charge in [-0.15, -0.1) is 0 Å². The highest BCUT2D eigenvalue weighted by molar-refractivity contribution is 6.31. The minimum Gasteiger partial charge on any atom is -0.389 e. The molecule has 2 aromatic rings. The predicted molar refractivity (Wildman–Crippen MR) is 85.3 cm³/mol. The van der Waals surface area contributed by atoms with Gasteiger partial charge in [0.2, 0.25) is 0 Å². The summed E-state index contributed by atoms with van der Waals surface area (Å²) in [7, 11) is 1.90. The van der Waals surface area contributed by atoms with Crippen molar-refractivity contribution in [3.63, 3.8) is 0 Å². The molecule has 0 bridgehead atoms. The summed E-state index contributed by atoms with van der Waals surface area (Å²) in [5.74, 6) is -0.305. The van der Waals surface area contributed by atoms with E-state index >= 15 is 0 Å². The summed E-state index contributed by atoms with van der Waals surface area (Å²) < 4.78 is 13.7. The third kappa shape index (κ3) is 3.55. The van der Waals surface area contributed by atoms with Crippen molar-refractivity contribution in [1.82, 2.24) is 0 Å². The zero-order chi connectivity index (χ0) is 15.6. The highest BCUT2D eigenvalue weighted by atomic mass is 35.5. The summed E-state index contributed by atoms with van der Waals surface area (Å²) in [5, 5.41) is 10.6. The second kappa shape index (κ2) is 6.46. The van der Waals surface area contributed by atoms with E-state index in [0.29, 0.717) is 22.7 Å². The Hall–Kier alpha value is -1.58. The van der Waals surface area contributed by atoms with Crippen molar-refractivity contribution in [1.29, 1.82) is 0 Å². The van der Waals surface area contributed by atoms with E-state index in [2.05, 4.69) is 0 Å². The van der Waals surface area contributed by atoms with Crippen LogP contribution in [-0.4, -0.2) is 12.2 Å². The van der Waals surface area contributed by atoms with Gasteiger partial charge in [0, 0.05) is 29.9 Å². The third-order valence-electron chi connectivity index (χ3n) is 3.53. The van der Waals surface area contributed by atoms with Gasteiger partial charge < -0.3 is 10.0 Å². The number of rotatable bonds is 4. The van der Waals surface area contributed by atoms with Gasteiger partial charge in [-0.2, -0.15) is 0 Å². The molecule has 21 heavy (non-hydrogen) atoms. The predicted octanol–water partition coefficient (Wildman–Crippen LogP) is 4.48. The summed E-state index contributed by atoms with van der Waals surface area (Å²) in [4.78, 5) is 1.97. The lowest BCUT2D eigenvalue weighted by molar-refractivity contribution is 0.199. The van der Waals surface area contributed by atoms with Crippen molar-refractivity contribution in [3.8, 4) is 0 Å². The number of aryl methyl sites for hydroxylation is 1. The maximum absolute atomic E-state index is 13.7. The molecule has 2 rings (SSSR count). The molecule has 0 aliphatic rings. The van der Waals surface area contributed by atoms with Gasteiger partial charge in [-0.25, -0.2) is 4.39 Å². The standard InChI is InChI=1S/C17H19ClFNO/c1-11-8-17(14(12(2)21)9-16(11)19)20(3)10-13-6-4-5-7-15(13)18/h4-9,12,21H,10H2,1-3H3. The normalized spacial score (nSPS) is 12.3. The van der Waals surface area contributed by atoms with Gasteiger partial charge in [0.15, 0.2) is 0 Å². The monoisotopic (exact) mass is 307 g/mol. The molecule has 4 heteroatoms. The summed E-state index contributed by atoms with van der Waals surface area (Å²) in [6.45, 7) is 3.94. The van der Waals surface area contributed by atoms with Crippen LogP contribution < -0.4 is 4.90 Å². The first kappa shape index (κ1) is 15.8. The molecular formula is C17H19ClFNO. The first-order chi connectivity index (χ1) is 9.90. The molecule has 0 aliphatic carbocycles. The molecule has 0 saturated heterocycles. The average molecular weight is 308 g/mol. The lowest BCUT2D eigenvalue weighted by atomic mass is 10.0. The number of halogens is 2. The van der Waals surface area contributed by atoms with Gasteiger partial charge >= 0.3 is 0 Å². The zero-order valence-electron chi connectivity index (χ0n) is 12.4. The summed E-state index contributed by atoms with van der Waals surface area (Å²) >= 11 is 6.18. The maximum Gasteiger partial charge on any atom is 0.126 e. The number of aliphatic hydroxyl groups excluding tert-OH is 1. The Morgan fingerprint density at radius 2 is 1.95 bits per heavy atom. The molecule has 1 atom stereocenters. The molecule has 0 saturated carbocycles. The molecule has 0 aromatic heterocycles. The number of hydrogen-bond acceptors (Lipinski definition) is 2. The molecule has 0 spiro atoms. The molecule has 1 unspecified atom stereocenters. The number of aliphatic hydroxyl groups is 1. The van der Waals surface area contributed by atoms with E-state index in [9.17, 15) is 9.50 Å². The first-order valence-electron chi connectivity index (χ1n) is 6.82. The van der Waals surface area contributed by atoms with Crippen LogP contribution in [0.5, 0.6) is 0 Å². The summed E-state index contributed by atoms with van der Waals surface area (Å²) in [6.07, 6.45) is -0.733. The van der Waals surface area contributed by atoms with Gasteiger partial charge in [-0.3, -0.25) is 0 Å². The largest absolute Gasteiger partial charge is 0.389 e. The van der Waals surface area contributed by atoms with Crippen LogP contribution >= 0.6 is 11.6 Å². The minimum absolute atomic E-state index is 0.305. The molecule has 0 heterocycles. The van der Waals surface area contributed by atoms with E-state index in [-0.39, 0.29) is 5.82 Å². The lowest BCUT2D eigenvalue weighted by Crippen LogP contribution is -2.19. The van der Waals surface area contributed by atoms with Crippen LogP contribution in [0.3, 0.4) is 0 Å². The Bertz CT molecular complexity index is 643. The van der Waals surface area contributed by atoms with Crippen molar-refractivity contribution in [2.24, 2.45) is 0 Å². The van der Waals surface area contributed by atoms with Crippen LogP contribution in [0.4, 0.5) is 10.1 Å². The number of anilines is 1. The second-order valence-electron chi connectivity index (χ2n) is 5.28. The quantitative estimate of drug-likeness (QED) is 0.900. The highest BCUT2D eigenvalue weighted by Crippen LogP contribution is 2.30. The van der Waals surface area contributed by atoms with Crippen LogP contribution in [-0.2, 0) is 6.54 Å². The molecule has 0 aliphatic heterocycles. The zero-order valence-corrected chi connectivity index (χ0v) is 13.2. The van der Waals surface area contributed by atoms with Crippen LogP contribution in [0, 0.1) is 12.7 Å². The van der Waals surface area contributed by atoms with Crippen molar-refractivity contribution in [3.05, 3.63) is 63.9 Å². The molecule has 1 N–H and O–H groups in total. The molecular weight excluding hydrogens is 289 g/mol. The number of benzene rings is 2. The maximum atomic E-state index is 13.7. The van der Waals surface area contributed by atoms with Crippen molar-refractivity contribution >= 4 is 17.3 Å². The fourth-order valence-electron chi connectivity index (χ4n) is 2.31. The Balaban J connectivity index is 2.37. The molecule has 112 valence electrons. The Kier molecular flexibility index (Phi) is 4.86. The van der Waals surface area contributed by atoms with Crippen LogP contribution in [0.2, 0.25) is 5.02 Å². The van der Waals surface area contributed by atoms with E-state index < -0.39 is 6.10 Å². The Morgan fingerprint density at radius 3 is 2.57 bits per heavy atom. The Morgan fingerprint density at radius 1 is 1.29 bits per heavy atom. The molecule has 2 aromatic carbocycles. The van der Waals surface area contributed by atoms with E-state index in [1.807, 2.05) is 36.2 Å². The fraction of sp³-hybridized carbons (Fsp3) is 0.294. The highest BCUT2D eigenvalue weighted by Gasteiger charge is 2.15. The van der Waals surface area contributed by atoms with E-state index in [0.717, 1.165) is 11.3 Å². The average Bonchev–Trinajstić information content (AvgIpc) is 2.43. The van der Waals surface area contributed by atoms with Gasteiger partial charge in [0.05, 0.1) is 6.10 Å². The SMILES string of the molecule is Cc1cc(N(C)Cc2ccccc2Cl)c(C(C)O)cc1F. The number of nitrogens with zero attached hydrogens (tertiary/aromatic N) is 1. The van der Waals surface area contributed by atoms with Crippen molar-refractivity contribution in [2.75, 3.05) is 11.9 Å². The van der Waals surface area contributed by atoms with E-state index in [1.165, 1.54) is 6.07 Å². The van der Waals surface area contributed by atoms with E-state index in [1.54, 1.807) is 19.9 Å². The number of hydrogen-bond donors (Lipinski definition) is 1. The topological polar surface area (TPSA) is 23.5 Å². The molecule has 0 amide bonds. The lowest BCUT2D eigenvalue weighted by Gasteiger charge is -2.25. The van der Waals surface area contributed by atoms with Gasteiger partial charge in [0.1, 0.15) is 5.82 Å². The van der Waals surface area contributed by atoms with Crippen molar-refractivity contribution < 1.29 is 9.50 Å². The minimum atomic E-state index is -0.733. The fourth-order valence-corrected chi connectivity index (χ4v) is 2.51. The smallest absolute Gasteiger partial charge is 0.126 e. The van der Waals surface area contributed by atoms with Crippen LogP contribution in [0.15, 0.2) is 36.4 Å². The van der Waals surface area contributed by atoms with Crippen molar-refractivity contribution in [2.45, 2.75) is 26.5 Å². The van der Waals surface area contributed by atoms with Gasteiger partial charge in [-0.1, -0.05) is 29.8 Å². The first-order valence-corrected chi connectivity index (χ1v) is 7.20. The second-order valence-corrected chi connectivity index (χ2v) is 5.69. The Labute approximate surface area is 129 Å². The van der Waals surface area contributed by atoms with E-state index in [4.69, 9.17) is 11.6 Å². The third-order valence-corrected chi connectivity index (χ3v) is 3.90. The summed E-state index contributed by atoms with van der Waals surface area (Å²) in [6, 6.07) is 10.8. The molecule has 0 fully saturated rings. The molecule has 0 radical (unpaired) electrons. The summed E-state index contributed by atoms with van der Waals surface area (Å²) in [5.41, 5.74) is 2.93.